The Kier molecular flexibility index (Phi) is 2.91. The molecule has 1 fully saturated rings. The fourth-order valence-electron chi connectivity index (χ4n) is 0.426. The quantitative estimate of drug-likeness (QED) is 0.489. The molecular weight excluding hydrogens is 94.0 g/mol. The van der Waals surface area contributed by atoms with Crippen molar-refractivity contribution in [2.24, 2.45) is 0 Å². The van der Waals surface area contributed by atoms with E-state index >= 15 is 0 Å². The maximum Gasteiger partial charge on any atom is 0.147 e. The number of rotatable bonds is 0. The van der Waals surface area contributed by atoms with Crippen molar-refractivity contribution < 1.29 is 9.47 Å². The molecule has 1 atom stereocenters. The minimum atomic E-state index is 0. The van der Waals surface area contributed by atoms with Crippen LogP contribution < -0.4 is 6.15 Å². The van der Waals surface area contributed by atoms with E-state index in [1.165, 1.54) is 0 Å². The molecule has 0 amide bonds. The van der Waals surface area contributed by atoms with Gasteiger partial charge in [-0.25, -0.2) is 0 Å². The zero-order valence-electron chi connectivity index (χ0n) is 4.52. The van der Waals surface area contributed by atoms with Crippen LogP contribution in [0.5, 0.6) is 0 Å². The van der Waals surface area contributed by atoms with Crippen molar-refractivity contribution in [3.05, 3.63) is 0 Å². The van der Waals surface area contributed by atoms with Crippen molar-refractivity contribution in [1.82, 2.24) is 6.15 Å². The van der Waals surface area contributed by atoms with Crippen molar-refractivity contribution in [3.8, 4) is 0 Å². The summed E-state index contributed by atoms with van der Waals surface area (Å²) in [5.74, 6) is 0. The number of ether oxygens (including phenoxy) is 2. The largest absolute Gasteiger partial charge is 0.353 e. The first-order chi connectivity index (χ1) is 2.89. The van der Waals surface area contributed by atoms with Crippen LogP contribution >= 0.6 is 0 Å². The maximum atomic E-state index is 4.93. The van der Waals surface area contributed by atoms with E-state index in [1.807, 2.05) is 6.92 Å². The molecule has 1 heterocycles. The second-order valence-electron chi connectivity index (χ2n) is 1.47. The average Bonchev–Trinajstić information content (AvgIpc) is 1.86. The van der Waals surface area contributed by atoms with Gasteiger partial charge in [-0.3, -0.25) is 0 Å². The van der Waals surface area contributed by atoms with Crippen molar-refractivity contribution in [3.63, 3.8) is 0 Å². The molecule has 0 aromatic rings. The summed E-state index contributed by atoms with van der Waals surface area (Å²) in [5.41, 5.74) is 0. The molecule has 7 heavy (non-hydrogen) atoms. The summed E-state index contributed by atoms with van der Waals surface area (Å²) in [5, 5.41) is 0. The monoisotopic (exact) mass is 105 g/mol. The minimum absolute atomic E-state index is 0. The van der Waals surface area contributed by atoms with E-state index in [-0.39, 0.29) is 6.15 Å². The Morgan fingerprint density at radius 2 is 2.29 bits per heavy atom. The third-order valence-corrected chi connectivity index (χ3v) is 0.788. The Morgan fingerprint density at radius 1 is 1.57 bits per heavy atom. The lowest BCUT2D eigenvalue weighted by molar-refractivity contribution is 0.0514. The van der Waals surface area contributed by atoms with Crippen LogP contribution in [0.4, 0.5) is 0 Å². The highest BCUT2D eigenvalue weighted by Gasteiger charge is 2.07. The van der Waals surface area contributed by atoms with Crippen molar-refractivity contribution >= 4 is 0 Å². The molecule has 3 heteroatoms. The second kappa shape index (κ2) is 2.96. The summed E-state index contributed by atoms with van der Waals surface area (Å²) in [4.78, 5) is 0. The molecule has 0 bridgehead atoms. The van der Waals surface area contributed by atoms with Crippen LogP contribution in [0.15, 0.2) is 0 Å². The zero-order valence-corrected chi connectivity index (χ0v) is 4.52. The Hall–Kier alpha value is -0.120. The molecule has 0 radical (unpaired) electrons. The molecule has 0 aromatic carbocycles. The van der Waals surface area contributed by atoms with E-state index in [0.29, 0.717) is 12.9 Å². The van der Waals surface area contributed by atoms with Gasteiger partial charge in [-0.15, -0.1) is 0 Å². The SMILES string of the molecule is CC1COCO1.N. The van der Waals surface area contributed by atoms with Gasteiger partial charge in [0.25, 0.3) is 0 Å². The molecular formula is C4H11NO2. The van der Waals surface area contributed by atoms with Crippen molar-refractivity contribution in [1.29, 1.82) is 0 Å². The van der Waals surface area contributed by atoms with E-state index in [2.05, 4.69) is 0 Å². The van der Waals surface area contributed by atoms with Crippen LogP contribution in [0, 0.1) is 0 Å². The first kappa shape index (κ1) is 6.88. The molecule has 1 unspecified atom stereocenters. The van der Waals surface area contributed by atoms with Crippen LogP contribution in [-0.4, -0.2) is 19.5 Å². The van der Waals surface area contributed by atoms with Crippen molar-refractivity contribution in [2.45, 2.75) is 13.0 Å². The summed E-state index contributed by atoms with van der Waals surface area (Å²) in [6.45, 7) is 3.24. The maximum absolute atomic E-state index is 4.93. The van der Waals surface area contributed by atoms with Gasteiger partial charge in [0.15, 0.2) is 0 Å². The van der Waals surface area contributed by atoms with Gasteiger partial charge in [0, 0.05) is 0 Å². The molecule has 0 spiro atoms. The summed E-state index contributed by atoms with van der Waals surface area (Å²) >= 11 is 0. The normalized spacial score (nSPS) is 29.6. The predicted octanol–water partition coefficient (Wildman–Crippen LogP) is 0.541. The smallest absolute Gasteiger partial charge is 0.147 e. The molecule has 0 saturated carbocycles. The Morgan fingerprint density at radius 3 is 2.43 bits per heavy atom. The van der Waals surface area contributed by atoms with E-state index in [1.54, 1.807) is 0 Å². The van der Waals surface area contributed by atoms with Gasteiger partial charge in [0.1, 0.15) is 6.79 Å². The highest BCUT2D eigenvalue weighted by atomic mass is 16.7. The molecule has 1 saturated heterocycles. The van der Waals surface area contributed by atoms with E-state index in [9.17, 15) is 0 Å². The van der Waals surface area contributed by atoms with Crippen LogP contribution in [0.1, 0.15) is 6.92 Å². The van der Waals surface area contributed by atoms with E-state index < -0.39 is 0 Å². The fourth-order valence-corrected chi connectivity index (χ4v) is 0.426. The third kappa shape index (κ3) is 1.87. The fraction of sp³-hybridized carbons (Fsp3) is 1.00. The summed E-state index contributed by atoms with van der Waals surface area (Å²) < 4.78 is 9.77. The van der Waals surface area contributed by atoms with Gasteiger partial charge in [0.05, 0.1) is 12.7 Å². The Bertz CT molecular complexity index is 43.0. The van der Waals surface area contributed by atoms with Gasteiger partial charge >= 0.3 is 0 Å². The lowest BCUT2D eigenvalue weighted by atomic mass is 10.5. The molecule has 0 aliphatic carbocycles. The second-order valence-corrected chi connectivity index (χ2v) is 1.47. The number of hydrogen-bond acceptors (Lipinski definition) is 3. The standard InChI is InChI=1S/C4H8O2.H3N/c1-4-2-5-3-6-4;/h4H,2-3H2,1H3;1H3. The zero-order chi connectivity index (χ0) is 4.41. The Balaban J connectivity index is 0.000000360. The molecule has 1 rings (SSSR count). The van der Waals surface area contributed by atoms with Gasteiger partial charge in [-0.2, -0.15) is 0 Å². The van der Waals surface area contributed by atoms with Crippen LogP contribution in [0.3, 0.4) is 0 Å². The first-order valence-corrected chi connectivity index (χ1v) is 2.09. The van der Waals surface area contributed by atoms with Crippen molar-refractivity contribution in [2.75, 3.05) is 13.4 Å². The molecule has 3 N–H and O–H groups in total. The lowest BCUT2D eigenvalue weighted by Crippen LogP contribution is -2.00. The predicted molar refractivity (Wildman–Crippen MR) is 26.4 cm³/mol. The first-order valence-electron chi connectivity index (χ1n) is 2.09. The van der Waals surface area contributed by atoms with Gasteiger partial charge in [0.2, 0.25) is 0 Å². The van der Waals surface area contributed by atoms with Gasteiger partial charge in [-0.1, -0.05) is 0 Å². The summed E-state index contributed by atoms with van der Waals surface area (Å²) in [6.07, 6.45) is 0.324. The van der Waals surface area contributed by atoms with Gasteiger partial charge in [-0.05, 0) is 6.92 Å². The highest BCUT2D eigenvalue weighted by molar-refractivity contribution is 4.47. The highest BCUT2D eigenvalue weighted by Crippen LogP contribution is 1.98. The molecule has 3 nitrogen and oxygen atoms in total. The lowest BCUT2D eigenvalue weighted by Gasteiger charge is -1.90. The Labute approximate surface area is 43.2 Å². The molecule has 1 aliphatic heterocycles. The number of hydrogen-bond donors (Lipinski definition) is 1. The molecule has 44 valence electrons. The summed E-state index contributed by atoms with van der Waals surface area (Å²) in [7, 11) is 0. The van der Waals surface area contributed by atoms with E-state index in [4.69, 9.17) is 9.47 Å². The molecule has 0 aromatic heterocycles. The van der Waals surface area contributed by atoms with Crippen LogP contribution in [0.2, 0.25) is 0 Å². The summed E-state index contributed by atoms with van der Waals surface area (Å²) in [6, 6.07) is 0. The van der Waals surface area contributed by atoms with Gasteiger partial charge < -0.3 is 15.6 Å². The van der Waals surface area contributed by atoms with Crippen LogP contribution in [-0.2, 0) is 9.47 Å². The van der Waals surface area contributed by atoms with Crippen LogP contribution in [0.25, 0.3) is 0 Å². The average molecular weight is 105 g/mol. The molecule has 1 aliphatic rings. The van der Waals surface area contributed by atoms with E-state index in [0.717, 1.165) is 6.61 Å². The minimum Gasteiger partial charge on any atom is -0.353 e. The topological polar surface area (TPSA) is 53.5 Å². The third-order valence-electron chi connectivity index (χ3n) is 0.788.